The Morgan fingerprint density at radius 2 is 1.02 bits per heavy atom. The number of carbonyl (C=O) groups is 3. The Hall–Kier alpha value is -2.73. The molecule has 2 amide bonds. The number of carbonyl (C=O) groups excluding carboxylic acids is 3. The summed E-state index contributed by atoms with van der Waals surface area (Å²) in [6.07, 6.45) is 20.3. The molecule has 0 spiro atoms. The number of ether oxygens (including phenoxy) is 3. The lowest BCUT2D eigenvalue weighted by molar-refractivity contribution is -0.136. The topological polar surface area (TPSA) is 103 Å². The first-order chi connectivity index (χ1) is 23.2. The zero-order valence-electron chi connectivity index (χ0n) is 28.7. The number of amides is 2. The van der Waals surface area contributed by atoms with Gasteiger partial charge in [-0.3, -0.25) is 14.4 Å². The van der Waals surface area contributed by atoms with Crippen LogP contribution >= 0.6 is 0 Å². The highest BCUT2D eigenvalue weighted by Crippen LogP contribution is 2.27. The average Bonchev–Trinajstić information content (AvgIpc) is 3.06. The molecule has 0 unspecified atom stereocenters. The van der Waals surface area contributed by atoms with Crippen molar-refractivity contribution in [1.82, 2.24) is 10.6 Å². The van der Waals surface area contributed by atoms with Crippen LogP contribution < -0.4 is 15.4 Å². The maximum atomic E-state index is 13.6. The fourth-order valence-electron chi connectivity index (χ4n) is 5.73. The maximum absolute atomic E-state index is 13.6. The normalized spacial score (nSPS) is 16.1. The lowest BCUT2D eigenvalue weighted by atomic mass is 9.91. The summed E-state index contributed by atoms with van der Waals surface area (Å²) in [7, 11) is 0. The number of rotatable bonds is 26. The standard InChI is InChI=1S/C36H56F4N2O6/c1-2-3-4-5-6-7-8-9-10-11-12-13-14-15-31(43)41-27-16-18-28(19-17-27)42-32(44)20-22-46-24-25-47-23-21-33(45)48-36-34(39)29(37)26-30(38)35(36)40/h26-28H,2-25H2,1H3,(H,41,43)(H,42,44). The number of hydrogen-bond donors (Lipinski definition) is 2. The van der Waals surface area contributed by atoms with Gasteiger partial charge in [0.05, 0.1) is 32.8 Å². The van der Waals surface area contributed by atoms with E-state index in [0.29, 0.717) is 6.42 Å². The quantitative estimate of drug-likeness (QED) is 0.0337. The maximum Gasteiger partial charge on any atom is 0.313 e. The number of nitrogens with one attached hydrogen (secondary N) is 2. The van der Waals surface area contributed by atoms with E-state index in [2.05, 4.69) is 22.3 Å². The van der Waals surface area contributed by atoms with Crippen LogP contribution in [0.5, 0.6) is 5.75 Å². The van der Waals surface area contributed by atoms with Crippen molar-refractivity contribution < 1.29 is 46.2 Å². The van der Waals surface area contributed by atoms with E-state index in [1.165, 1.54) is 70.6 Å². The number of unbranched alkanes of at least 4 members (excludes halogenated alkanes) is 12. The second kappa shape index (κ2) is 25.3. The molecule has 0 radical (unpaired) electrons. The van der Waals surface area contributed by atoms with Crippen LogP contribution in [0.2, 0.25) is 0 Å². The molecule has 0 aromatic heterocycles. The van der Waals surface area contributed by atoms with Crippen molar-refractivity contribution in [2.45, 2.75) is 147 Å². The third-order valence-corrected chi connectivity index (χ3v) is 8.55. The van der Waals surface area contributed by atoms with Crippen molar-refractivity contribution in [1.29, 1.82) is 0 Å². The van der Waals surface area contributed by atoms with Crippen LogP contribution in [0.3, 0.4) is 0 Å². The highest BCUT2D eigenvalue weighted by molar-refractivity contribution is 5.77. The summed E-state index contributed by atoms with van der Waals surface area (Å²) in [4.78, 5) is 36.4. The number of hydrogen-bond acceptors (Lipinski definition) is 6. The number of esters is 1. The van der Waals surface area contributed by atoms with Crippen molar-refractivity contribution in [2.24, 2.45) is 0 Å². The number of halogens is 4. The van der Waals surface area contributed by atoms with E-state index in [-0.39, 0.29) is 62.8 Å². The van der Waals surface area contributed by atoms with Crippen molar-refractivity contribution in [3.63, 3.8) is 0 Å². The predicted octanol–water partition coefficient (Wildman–Crippen LogP) is 7.99. The minimum Gasteiger partial charge on any atom is -0.420 e. The Balaban J connectivity index is 1.39. The molecular weight excluding hydrogens is 632 g/mol. The molecule has 0 atom stereocenters. The van der Waals surface area contributed by atoms with Gasteiger partial charge in [0.1, 0.15) is 0 Å². The van der Waals surface area contributed by atoms with E-state index >= 15 is 0 Å². The summed E-state index contributed by atoms with van der Waals surface area (Å²) in [5.41, 5.74) is 0. The molecule has 1 aromatic carbocycles. The second-order valence-electron chi connectivity index (χ2n) is 12.7. The molecule has 1 fully saturated rings. The summed E-state index contributed by atoms with van der Waals surface area (Å²) >= 11 is 0. The van der Waals surface area contributed by atoms with Gasteiger partial charge < -0.3 is 24.8 Å². The predicted molar refractivity (Wildman–Crippen MR) is 175 cm³/mol. The molecule has 48 heavy (non-hydrogen) atoms. The fourth-order valence-corrected chi connectivity index (χ4v) is 5.73. The summed E-state index contributed by atoms with van der Waals surface area (Å²) < 4.78 is 68.5. The lowest BCUT2D eigenvalue weighted by Gasteiger charge is -2.29. The van der Waals surface area contributed by atoms with Crippen molar-refractivity contribution in [3.05, 3.63) is 29.3 Å². The van der Waals surface area contributed by atoms with E-state index in [4.69, 9.17) is 9.47 Å². The molecular formula is C36H56F4N2O6. The molecule has 8 nitrogen and oxygen atoms in total. The van der Waals surface area contributed by atoms with Gasteiger partial charge in [-0.2, -0.15) is 8.78 Å². The molecule has 274 valence electrons. The number of benzene rings is 1. The first kappa shape index (κ1) is 41.4. The van der Waals surface area contributed by atoms with Crippen LogP contribution in [0.1, 0.15) is 135 Å². The highest BCUT2D eigenvalue weighted by atomic mass is 19.2. The fraction of sp³-hybridized carbons (Fsp3) is 0.750. The van der Waals surface area contributed by atoms with Gasteiger partial charge in [0.25, 0.3) is 0 Å². The minimum absolute atomic E-state index is 0.0176. The van der Waals surface area contributed by atoms with Crippen LogP contribution in [0.15, 0.2) is 6.07 Å². The zero-order chi connectivity index (χ0) is 35.0. The van der Waals surface area contributed by atoms with Gasteiger partial charge in [-0.1, -0.05) is 84.0 Å². The van der Waals surface area contributed by atoms with E-state index in [0.717, 1.165) is 38.5 Å². The van der Waals surface area contributed by atoms with Crippen LogP contribution in [0.4, 0.5) is 17.6 Å². The summed E-state index contributed by atoms with van der Waals surface area (Å²) in [5.74, 6) is -9.52. The monoisotopic (exact) mass is 688 g/mol. The smallest absolute Gasteiger partial charge is 0.313 e. The van der Waals surface area contributed by atoms with Crippen molar-refractivity contribution >= 4 is 17.8 Å². The van der Waals surface area contributed by atoms with Crippen LogP contribution in [-0.4, -0.2) is 56.3 Å². The molecule has 1 aliphatic carbocycles. The largest absolute Gasteiger partial charge is 0.420 e. The Bertz CT molecular complexity index is 1060. The van der Waals surface area contributed by atoms with Gasteiger partial charge in [0, 0.05) is 31.0 Å². The van der Waals surface area contributed by atoms with Gasteiger partial charge >= 0.3 is 5.97 Å². The Morgan fingerprint density at radius 1 is 0.604 bits per heavy atom. The minimum atomic E-state index is -1.80. The van der Waals surface area contributed by atoms with Crippen molar-refractivity contribution in [3.8, 4) is 5.75 Å². The van der Waals surface area contributed by atoms with Gasteiger partial charge in [0.2, 0.25) is 29.2 Å². The molecule has 12 heteroatoms. The second-order valence-corrected chi connectivity index (χ2v) is 12.7. The molecule has 2 rings (SSSR count). The van der Waals surface area contributed by atoms with Crippen LogP contribution in [-0.2, 0) is 23.9 Å². The zero-order valence-corrected chi connectivity index (χ0v) is 28.7. The molecule has 0 aliphatic heterocycles. The van der Waals surface area contributed by atoms with E-state index in [1.807, 2.05) is 0 Å². The molecule has 1 aromatic rings. The van der Waals surface area contributed by atoms with E-state index in [1.54, 1.807) is 0 Å². The molecule has 0 saturated heterocycles. The van der Waals surface area contributed by atoms with E-state index < -0.39 is 41.4 Å². The Morgan fingerprint density at radius 3 is 1.50 bits per heavy atom. The van der Waals surface area contributed by atoms with Gasteiger partial charge in [0.15, 0.2) is 11.6 Å². The summed E-state index contributed by atoms with van der Waals surface area (Å²) in [6, 6.07) is 0.245. The average molecular weight is 689 g/mol. The SMILES string of the molecule is CCCCCCCCCCCCCCCC(=O)NC1CCC(NC(=O)CCOCCOCCC(=O)Oc2c(F)c(F)cc(F)c2F)CC1. The van der Waals surface area contributed by atoms with Gasteiger partial charge in [-0.25, -0.2) is 8.78 Å². The first-order valence-corrected chi connectivity index (χ1v) is 18.0. The first-order valence-electron chi connectivity index (χ1n) is 18.0. The molecule has 1 saturated carbocycles. The third-order valence-electron chi connectivity index (χ3n) is 8.55. The molecule has 1 aliphatic rings. The molecule has 0 heterocycles. The summed E-state index contributed by atoms with van der Waals surface area (Å²) in [5, 5.41) is 6.17. The van der Waals surface area contributed by atoms with Gasteiger partial charge in [-0.15, -0.1) is 0 Å². The van der Waals surface area contributed by atoms with Crippen LogP contribution in [0.25, 0.3) is 0 Å². The van der Waals surface area contributed by atoms with Crippen LogP contribution in [0, 0.1) is 23.3 Å². The van der Waals surface area contributed by atoms with E-state index in [9.17, 15) is 31.9 Å². The molecule has 0 bridgehead atoms. The Kier molecular flexibility index (Phi) is 21.8. The third kappa shape index (κ3) is 18.1. The highest BCUT2D eigenvalue weighted by Gasteiger charge is 2.24. The van der Waals surface area contributed by atoms with Crippen molar-refractivity contribution in [2.75, 3.05) is 26.4 Å². The van der Waals surface area contributed by atoms with Gasteiger partial charge in [-0.05, 0) is 32.1 Å². The Labute approximate surface area is 283 Å². The molecule has 2 N–H and O–H groups in total. The lowest BCUT2D eigenvalue weighted by Crippen LogP contribution is -2.43. The summed E-state index contributed by atoms with van der Waals surface area (Å²) in [6.45, 7) is 2.48.